The molecule has 11 rings (SSSR count). The maximum absolute atomic E-state index is 2.50. The number of nitrogens with zero attached hydrogens (tertiary/aromatic N) is 2. The van der Waals surface area contributed by atoms with Crippen molar-refractivity contribution in [2.45, 2.75) is 0 Å². The predicted octanol–water partition coefficient (Wildman–Crippen LogP) is 15.6. The fourth-order valence-electron chi connectivity index (χ4n) is 8.85. The van der Waals surface area contributed by atoms with Crippen molar-refractivity contribution in [2.24, 2.45) is 0 Å². The molecule has 0 atom stereocenters. The van der Waals surface area contributed by atoms with Crippen LogP contribution in [0.5, 0.6) is 0 Å². The lowest BCUT2D eigenvalue weighted by molar-refractivity contribution is 1.19. The topological polar surface area (TPSA) is 8.17 Å². The first-order chi connectivity index (χ1) is 28.8. The van der Waals surface area contributed by atoms with Crippen LogP contribution in [0.1, 0.15) is 0 Å². The number of fused-ring (bicyclic) bond motifs is 6. The van der Waals surface area contributed by atoms with Crippen molar-refractivity contribution in [2.75, 3.05) is 4.90 Å². The Morgan fingerprint density at radius 1 is 0.293 bits per heavy atom. The highest BCUT2D eigenvalue weighted by Gasteiger charge is 2.22. The summed E-state index contributed by atoms with van der Waals surface area (Å²) >= 11 is 0. The average Bonchev–Trinajstić information content (AvgIpc) is 3.65. The third-order valence-electron chi connectivity index (χ3n) is 11.6. The number of hydrogen-bond donors (Lipinski definition) is 0. The van der Waals surface area contributed by atoms with Crippen LogP contribution in [0.25, 0.3) is 82.4 Å². The summed E-state index contributed by atoms with van der Waals surface area (Å²) in [6, 6.07) is 83.7. The molecule has 0 aliphatic carbocycles. The molecule has 0 spiro atoms. The number of rotatable bonds is 7. The third kappa shape index (κ3) is 5.74. The Labute approximate surface area is 338 Å². The molecule has 2 heteroatoms. The molecule has 58 heavy (non-hydrogen) atoms. The summed E-state index contributed by atoms with van der Waals surface area (Å²) in [4.78, 5) is 2.40. The molecule has 2 nitrogen and oxygen atoms in total. The van der Waals surface area contributed by atoms with E-state index in [0.29, 0.717) is 0 Å². The molecule has 1 aromatic heterocycles. The second kappa shape index (κ2) is 14.1. The first kappa shape index (κ1) is 33.6. The van der Waals surface area contributed by atoms with E-state index in [1.165, 1.54) is 76.7 Å². The largest absolute Gasteiger partial charge is 0.310 e. The van der Waals surface area contributed by atoms with Crippen LogP contribution in [0.3, 0.4) is 0 Å². The minimum absolute atomic E-state index is 1.09. The van der Waals surface area contributed by atoms with Gasteiger partial charge >= 0.3 is 0 Å². The Bertz CT molecular complexity index is 3150. The van der Waals surface area contributed by atoms with E-state index in [2.05, 4.69) is 240 Å². The quantitative estimate of drug-likeness (QED) is 0.158. The summed E-state index contributed by atoms with van der Waals surface area (Å²) in [6.45, 7) is 0. The SMILES string of the molecule is c1ccc(-c2ccc(N(c3ccc(-c4ccccc4)cc3)c3cc(-n4c5cccc(-c6ccccc6)c5c5c6ccccc6ccc54)c4ccccc4c3)cc2)cc1. The van der Waals surface area contributed by atoms with Crippen molar-refractivity contribution in [3.63, 3.8) is 0 Å². The first-order valence-corrected chi connectivity index (χ1v) is 19.9. The molecule has 0 radical (unpaired) electrons. The van der Waals surface area contributed by atoms with E-state index in [9.17, 15) is 0 Å². The van der Waals surface area contributed by atoms with Crippen molar-refractivity contribution < 1.29 is 0 Å². The lowest BCUT2D eigenvalue weighted by atomic mass is 9.97. The number of aromatic nitrogens is 1. The number of anilines is 3. The molecular formula is C56H38N2. The number of benzene rings is 10. The van der Waals surface area contributed by atoms with Crippen LogP contribution in [-0.4, -0.2) is 4.57 Å². The Kier molecular flexibility index (Phi) is 8.19. The van der Waals surface area contributed by atoms with Gasteiger partial charge in [-0.1, -0.05) is 182 Å². The molecule has 0 N–H and O–H groups in total. The minimum Gasteiger partial charge on any atom is -0.310 e. The minimum atomic E-state index is 1.09. The van der Waals surface area contributed by atoms with Crippen molar-refractivity contribution >= 4 is 60.4 Å². The lowest BCUT2D eigenvalue weighted by Gasteiger charge is -2.27. The summed E-state index contributed by atoms with van der Waals surface area (Å²) in [5.74, 6) is 0. The third-order valence-corrected chi connectivity index (χ3v) is 11.6. The van der Waals surface area contributed by atoms with Gasteiger partial charge in [-0.25, -0.2) is 0 Å². The van der Waals surface area contributed by atoms with E-state index in [-0.39, 0.29) is 0 Å². The fraction of sp³-hybridized carbons (Fsp3) is 0. The average molecular weight is 739 g/mol. The van der Waals surface area contributed by atoms with Gasteiger partial charge in [0.15, 0.2) is 0 Å². The highest BCUT2D eigenvalue weighted by molar-refractivity contribution is 6.25. The van der Waals surface area contributed by atoms with Crippen LogP contribution >= 0.6 is 0 Å². The number of hydrogen-bond acceptors (Lipinski definition) is 1. The highest BCUT2D eigenvalue weighted by Crippen LogP contribution is 2.45. The van der Waals surface area contributed by atoms with Crippen LogP contribution < -0.4 is 4.90 Å². The van der Waals surface area contributed by atoms with E-state index in [1.807, 2.05) is 0 Å². The van der Waals surface area contributed by atoms with E-state index in [4.69, 9.17) is 0 Å². The van der Waals surface area contributed by atoms with Gasteiger partial charge in [0.1, 0.15) is 0 Å². The monoisotopic (exact) mass is 738 g/mol. The molecule has 272 valence electrons. The Morgan fingerprint density at radius 2 is 0.793 bits per heavy atom. The summed E-state index contributed by atoms with van der Waals surface area (Å²) in [5, 5.41) is 7.40. The molecule has 11 aromatic rings. The van der Waals surface area contributed by atoms with Gasteiger partial charge in [0.05, 0.1) is 16.7 Å². The van der Waals surface area contributed by atoms with Gasteiger partial charge in [-0.3, -0.25) is 0 Å². The summed E-state index contributed by atoms with van der Waals surface area (Å²) in [7, 11) is 0. The molecule has 0 fully saturated rings. The van der Waals surface area contributed by atoms with Crippen LogP contribution in [0.2, 0.25) is 0 Å². The molecule has 0 amide bonds. The van der Waals surface area contributed by atoms with E-state index in [1.54, 1.807) is 0 Å². The van der Waals surface area contributed by atoms with Gasteiger partial charge in [0.2, 0.25) is 0 Å². The van der Waals surface area contributed by atoms with Crippen LogP contribution in [0.15, 0.2) is 231 Å². The van der Waals surface area contributed by atoms with Crippen LogP contribution in [-0.2, 0) is 0 Å². The molecule has 0 unspecified atom stereocenters. The van der Waals surface area contributed by atoms with Gasteiger partial charge in [-0.05, 0) is 98.1 Å². The molecule has 0 aliphatic rings. The van der Waals surface area contributed by atoms with Gasteiger partial charge in [0.25, 0.3) is 0 Å². The first-order valence-electron chi connectivity index (χ1n) is 19.9. The molecule has 0 saturated heterocycles. The molecule has 1 heterocycles. The lowest BCUT2D eigenvalue weighted by Crippen LogP contribution is -2.11. The molecule has 10 aromatic carbocycles. The fourth-order valence-corrected chi connectivity index (χ4v) is 8.85. The maximum atomic E-state index is 2.50. The zero-order valence-electron chi connectivity index (χ0n) is 31.8. The van der Waals surface area contributed by atoms with Gasteiger partial charge < -0.3 is 9.47 Å². The van der Waals surface area contributed by atoms with Crippen molar-refractivity contribution in [1.82, 2.24) is 4.57 Å². The molecular weight excluding hydrogens is 701 g/mol. The van der Waals surface area contributed by atoms with E-state index < -0.39 is 0 Å². The van der Waals surface area contributed by atoms with E-state index in [0.717, 1.165) is 22.7 Å². The second-order valence-electron chi connectivity index (χ2n) is 14.9. The Morgan fingerprint density at radius 3 is 1.41 bits per heavy atom. The van der Waals surface area contributed by atoms with E-state index >= 15 is 0 Å². The smallest absolute Gasteiger partial charge is 0.0561 e. The summed E-state index contributed by atoms with van der Waals surface area (Å²) < 4.78 is 2.50. The van der Waals surface area contributed by atoms with Crippen molar-refractivity contribution in [3.8, 4) is 39.1 Å². The molecule has 0 bridgehead atoms. The van der Waals surface area contributed by atoms with Gasteiger partial charge in [-0.15, -0.1) is 0 Å². The van der Waals surface area contributed by atoms with Crippen molar-refractivity contribution in [3.05, 3.63) is 231 Å². The molecule has 0 saturated carbocycles. The van der Waals surface area contributed by atoms with Crippen LogP contribution in [0.4, 0.5) is 17.1 Å². The van der Waals surface area contributed by atoms with Crippen molar-refractivity contribution in [1.29, 1.82) is 0 Å². The highest BCUT2D eigenvalue weighted by atomic mass is 15.1. The Balaban J connectivity index is 1.18. The summed E-state index contributed by atoms with van der Waals surface area (Å²) in [6.07, 6.45) is 0. The molecule has 0 aliphatic heterocycles. The maximum Gasteiger partial charge on any atom is 0.0561 e. The van der Waals surface area contributed by atoms with Gasteiger partial charge in [-0.2, -0.15) is 0 Å². The predicted molar refractivity (Wildman–Crippen MR) is 247 cm³/mol. The zero-order valence-corrected chi connectivity index (χ0v) is 31.8. The van der Waals surface area contributed by atoms with Crippen LogP contribution in [0, 0.1) is 0 Å². The Hall–Kier alpha value is -7.68. The standard InChI is InChI=1S/C56H38N2/c1-4-15-39(16-5-1)41-27-32-46(33-28-41)57(47-34-29-42(30-35-47)40-17-6-2-7-18-40)48-37-45-22-11-12-23-49(45)54(38-48)58-52-26-14-25-51(43-19-8-3-9-20-43)55(52)56-50-24-13-10-21-44(50)31-36-53(56)58/h1-38H. The second-order valence-corrected chi connectivity index (χ2v) is 14.9. The normalized spacial score (nSPS) is 11.4. The van der Waals surface area contributed by atoms with Gasteiger partial charge in [0, 0.05) is 33.2 Å². The summed E-state index contributed by atoms with van der Waals surface area (Å²) in [5.41, 5.74) is 14.0. The zero-order chi connectivity index (χ0) is 38.4.